The number of benzene rings is 1. The lowest BCUT2D eigenvalue weighted by Gasteiger charge is -2.13. The molecule has 0 amide bonds. The lowest BCUT2D eigenvalue weighted by Crippen LogP contribution is -2.13. The molecule has 0 saturated heterocycles. The maximum atomic E-state index is 10.8. The molecule has 1 heteroatoms. The second-order valence-electron chi connectivity index (χ2n) is 3.73. The number of carbonyl (C=O) groups is 1. The van der Waals surface area contributed by atoms with E-state index in [1.165, 1.54) is 5.56 Å². The van der Waals surface area contributed by atoms with Gasteiger partial charge in [0.05, 0.1) is 0 Å². The minimum atomic E-state index is 0.155. The Kier molecular flexibility index (Phi) is 3.69. The maximum Gasteiger partial charge on any atom is 0.123 e. The average molecular weight is 176 g/mol. The van der Waals surface area contributed by atoms with E-state index in [4.69, 9.17) is 0 Å². The van der Waals surface area contributed by atoms with E-state index in [1.54, 1.807) is 0 Å². The quantitative estimate of drug-likeness (QED) is 0.645. The monoisotopic (exact) mass is 176 g/mol. The van der Waals surface area contributed by atoms with Crippen molar-refractivity contribution >= 4 is 6.29 Å². The summed E-state index contributed by atoms with van der Waals surface area (Å²) in [5.41, 5.74) is 1.24. The standard InChI is InChI=1S/C12H16O/c1-10(2)12(9-13)8-11-6-4-3-5-7-11/h3-7,9-10,12H,8H2,1-2H3/t12-/m1/s1. The first-order valence-corrected chi connectivity index (χ1v) is 4.73. The Bertz CT molecular complexity index is 251. The van der Waals surface area contributed by atoms with Crippen molar-refractivity contribution in [3.63, 3.8) is 0 Å². The smallest absolute Gasteiger partial charge is 0.123 e. The van der Waals surface area contributed by atoms with Crippen molar-refractivity contribution in [2.45, 2.75) is 20.3 Å². The summed E-state index contributed by atoms with van der Waals surface area (Å²) < 4.78 is 0. The summed E-state index contributed by atoms with van der Waals surface area (Å²) in [5, 5.41) is 0. The van der Waals surface area contributed by atoms with Crippen LogP contribution in [0.3, 0.4) is 0 Å². The number of hydrogen-bond donors (Lipinski definition) is 0. The fourth-order valence-electron chi connectivity index (χ4n) is 1.33. The van der Waals surface area contributed by atoms with E-state index in [0.717, 1.165) is 12.7 Å². The highest BCUT2D eigenvalue weighted by Crippen LogP contribution is 2.14. The van der Waals surface area contributed by atoms with Gasteiger partial charge in [0.1, 0.15) is 6.29 Å². The Morgan fingerprint density at radius 1 is 1.23 bits per heavy atom. The Morgan fingerprint density at radius 3 is 2.31 bits per heavy atom. The fourth-order valence-corrected chi connectivity index (χ4v) is 1.33. The first-order valence-electron chi connectivity index (χ1n) is 4.73. The zero-order chi connectivity index (χ0) is 9.68. The van der Waals surface area contributed by atoms with Crippen molar-refractivity contribution in [2.24, 2.45) is 11.8 Å². The molecule has 0 aliphatic heterocycles. The van der Waals surface area contributed by atoms with Gasteiger partial charge in [0.25, 0.3) is 0 Å². The summed E-state index contributed by atoms with van der Waals surface area (Å²) in [6, 6.07) is 10.2. The molecule has 0 bridgehead atoms. The van der Waals surface area contributed by atoms with Crippen LogP contribution < -0.4 is 0 Å². The predicted molar refractivity (Wildman–Crippen MR) is 54.5 cm³/mol. The highest BCUT2D eigenvalue weighted by Gasteiger charge is 2.12. The molecule has 13 heavy (non-hydrogen) atoms. The number of aldehydes is 1. The summed E-state index contributed by atoms with van der Waals surface area (Å²) >= 11 is 0. The molecule has 0 fully saturated rings. The first kappa shape index (κ1) is 9.97. The van der Waals surface area contributed by atoms with Gasteiger partial charge in [-0.2, -0.15) is 0 Å². The van der Waals surface area contributed by atoms with Crippen LogP contribution in [0.5, 0.6) is 0 Å². The summed E-state index contributed by atoms with van der Waals surface area (Å²) in [6.45, 7) is 4.17. The molecule has 70 valence electrons. The third-order valence-corrected chi connectivity index (χ3v) is 2.35. The second-order valence-corrected chi connectivity index (χ2v) is 3.73. The normalized spacial score (nSPS) is 12.8. The van der Waals surface area contributed by atoms with Crippen molar-refractivity contribution < 1.29 is 4.79 Å². The SMILES string of the molecule is CC(C)[C@@H](C=O)Cc1ccccc1. The van der Waals surface area contributed by atoms with Crippen LogP contribution in [0.25, 0.3) is 0 Å². The van der Waals surface area contributed by atoms with Crippen LogP contribution in [0, 0.1) is 11.8 Å². The van der Waals surface area contributed by atoms with Crippen molar-refractivity contribution in [2.75, 3.05) is 0 Å². The van der Waals surface area contributed by atoms with Gasteiger partial charge < -0.3 is 4.79 Å². The van der Waals surface area contributed by atoms with Crippen molar-refractivity contribution in [1.29, 1.82) is 0 Å². The Morgan fingerprint density at radius 2 is 1.85 bits per heavy atom. The summed E-state index contributed by atoms with van der Waals surface area (Å²) in [6.07, 6.45) is 1.93. The molecule has 0 heterocycles. The molecule has 1 atom stereocenters. The minimum Gasteiger partial charge on any atom is -0.303 e. The average Bonchev–Trinajstić information content (AvgIpc) is 2.15. The van der Waals surface area contributed by atoms with E-state index >= 15 is 0 Å². The van der Waals surface area contributed by atoms with Gasteiger partial charge in [-0.1, -0.05) is 44.2 Å². The molecule has 0 unspecified atom stereocenters. The minimum absolute atomic E-state index is 0.155. The zero-order valence-corrected chi connectivity index (χ0v) is 8.23. The molecular weight excluding hydrogens is 160 g/mol. The zero-order valence-electron chi connectivity index (χ0n) is 8.23. The second kappa shape index (κ2) is 4.80. The van der Waals surface area contributed by atoms with Crippen LogP contribution in [0.4, 0.5) is 0 Å². The summed E-state index contributed by atoms with van der Waals surface area (Å²) in [7, 11) is 0. The van der Waals surface area contributed by atoms with Crippen LogP contribution in [0.15, 0.2) is 30.3 Å². The van der Waals surface area contributed by atoms with Crippen molar-refractivity contribution in [3.8, 4) is 0 Å². The maximum absolute atomic E-state index is 10.8. The third kappa shape index (κ3) is 3.02. The van der Waals surface area contributed by atoms with Crippen LogP contribution in [-0.2, 0) is 11.2 Å². The molecule has 0 N–H and O–H groups in total. The molecule has 0 radical (unpaired) electrons. The van der Waals surface area contributed by atoms with Crippen molar-refractivity contribution in [3.05, 3.63) is 35.9 Å². The van der Waals surface area contributed by atoms with Gasteiger partial charge in [-0.05, 0) is 17.9 Å². The van der Waals surface area contributed by atoms with Crippen LogP contribution in [-0.4, -0.2) is 6.29 Å². The van der Waals surface area contributed by atoms with E-state index in [-0.39, 0.29) is 5.92 Å². The molecule has 0 aliphatic carbocycles. The van der Waals surface area contributed by atoms with E-state index in [9.17, 15) is 4.79 Å². The molecule has 1 nitrogen and oxygen atoms in total. The number of rotatable bonds is 4. The summed E-state index contributed by atoms with van der Waals surface area (Å²) in [5.74, 6) is 0.583. The van der Waals surface area contributed by atoms with E-state index in [1.807, 2.05) is 18.2 Å². The summed E-state index contributed by atoms with van der Waals surface area (Å²) in [4.78, 5) is 10.8. The number of hydrogen-bond acceptors (Lipinski definition) is 1. The van der Waals surface area contributed by atoms with Gasteiger partial charge in [-0.3, -0.25) is 0 Å². The third-order valence-electron chi connectivity index (χ3n) is 2.35. The molecule has 1 aromatic rings. The van der Waals surface area contributed by atoms with E-state index in [0.29, 0.717) is 5.92 Å². The fraction of sp³-hybridized carbons (Fsp3) is 0.417. The van der Waals surface area contributed by atoms with Gasteiger partial charge in [-0.15, -0.1) is 0 Å². The first-order chi connectivity index (χ1) is 6.24. The topological polar surface area (TPSA) is 17.1 Å². The van der Waals surface area contributed by atoms with Gasteiger partial charge in [0.15, 0.2) is 0 Å². The van der Waals surface area contributed by atoms with E-state index < -0.39 is 0 Å². The molecule has 0 aliphatic rings. The van der Waals surface area contributed by atoms with Gasteiger partial charge >= 0.3 is 0 Å². The molecule has 0 saturated carbocycles. The van der Waals surface area contributed by atoms with Gasteiger partial charge in [0.2, 0.25) is 0 Å². The van der Waals surface area contributed by atoms with E-state index in [2.05, 4.69) is 26.0 Å². The van der Waals surface area contributed by atoms with Crippen molar-refractivity contribution in [1.82, 2.24) is 0 Å². The van der Waals surface area contributed by atoms with Crippen LogP contribution in [0.2, 0.25) is 0 Å². The van der Waals surface area contributed by atoms with Crippen LogP contribution >= 0.6 is 0 Å². The highest BCUT2D eigenvalue weighted by atomic mass is 16.1. The largest absolute Gasteiger partial charge is 0.303 e. The van der Waals surface area contributed by atoms with Gasteiger partial charge in [0, 0.05) is 5.92 Å². The van der Waals surface area contributed by atoms with Gasteiger partial charge in [-0.25, -0.2) is 0 Å². The Hall–Kier alpha value is -1.11. The molecule has 0 aromatic heterocycles. The highest BCUT2D eigenvalue weighted by molar-refractivity contribution is 5.54. The van der Waals surface area contributed by atoms with Crippen LogP contribution in [0.1, 0.15) is 19.4 Å². The Balaban J connectivity index is 2.62. The molecule has 1 aromatic carbocycles. The lowest BCUT2D eigenvalue weighted by molar-refractivity contribution is -0.112. The Labute approximate surface area is 79.8 Å². The predicted octanol–water partition coefficient (Wildman–Crippen LogP) is 2.70. The molecule has 0 spiro atoms. The molecule has 1 rings (SSSR count). The lowest BCUT2D eigenvalue weighted by atomic mass is 9.91. The molecular formula is C12H16O. The number of carbonyl (C=O) groups excluding carboxylic acids is 1.